The molecule has 2 aromatic heterocycles. The van der Waals surface area contributed by atoms with Gasteiger partial charge >= 0.3 is 0 Å². The summed E-state index contributed by atoms with van der Waals surface area (Å²) < 4.78 is 14.2. The topological polar surface area (TPSA) is 82.2 Å². The highest BCUT2D eigenvalue weighted by molar-refractivity contribution is 9.10. The smallest absolute Gasteiger partial charge is 0.278 e. The minimum absolute atomic E-state index is 0.182. The van der Waals surface area contributed by atoms with Crippen LogP contribution in [-0.2, 0) is 13.2 Å². The van der Waals surface area contributed by atoms with Gasteiger partial charge in [-0.3, -0.25) is 9.48 Å². The molecule has 1 amide bonds. The monoisotopic (exact) mass is 522 g/mol. The number of carbonyl (C=O) groups is 1. The van der Waals surface area contributed by atoms with Gasteiger partial charge in [-0.2, -0.15) is 5.10 Å². The maximum absolute atomic E-state index is 13.1. The largest absolute Gasteiger partial charge is 0.489 e. The number of anilines is 1. The number of halogens is 1. The highest BCUT2D eigenvalue weighted by Gasteiger charge is 2.23. The number of carbonyl (C=O) groups excluding carboxylic acids is 1. The van der Waals surface area contributed by atoms with Crippen LogP contribution in [0.5, 0.6) is 5.75 Å². The second kappa shape index (κ2) is 9.85. The van der Waals surface area contributed by atoms with E-state index in [0.717, 1.165) is 32.7 Å². The maximum atomic E-state index is 13.1. The van der Waals surface area contributed by atoms with Crippen LogP contribution in [-0.4, -0.2) is 20.8 Å². The van der Waals surface area contributed by atoms with E-state index in [0.29, 0.717) is 23.6 Å². The summed E-state index contributed by atoms with van der Waals surface area (Å²) in [5.74, 6) is 0.925. The van der Waals surface area contributed by atoms with Crippen LogP contribution in [0.1, 0.15) is 49.9 Å². The van der Waals surface area contributed by atoms with Crippen molar-refractivity contribution in [2.75, 3.05) is 5.32 Å². The molecule has 0 radical (unpaired) electrons. The van der Waals surface area contributed by atoms with Crippen molar-refractivity contribution < 1.29 is 14.1 Å². The first-order valence-electron chi connectivity index (χ1n) is 11.0. The van der Waals surface area contributed by atoms with E-state index in [9.17, 15) is 4.79 Å². The van der Waals surface area contributed by atoms with Gasteiger partial charge in [0, 0.05) is 4.47 Å². The number of aromatic nitrogens is 3. The maximum Gasteiger partial charge on any atom is 0.278 e. The van der Waals surface area contributed by atoms with Crippen molar-refractivity contribution in [3.63, 3.8) is 0 Å². The number of aryl methyl sites for hydroxylation is 4. The van der Waals surface area contributed by atoms with Crippen molar-refractivity contribution >= 4 is 27.5 Å². The summed E-state index contributed by atoms with van der Waals surface area (Å²) in [6.45, 7) is 10.5. The average Bonchev–Trinajstić information content (AvgIpc) is 3.30. The molecule has 2 aromatic carbocycles. The first kappa shape index (κ1) is 23.8. The normalized spacial score (nSPS) is 11.0. The fraction of sp³-hybridized carbons (Fsp3) is 0.269. The molecular formula is C26H27BrN4O3. The predicted molar refractivity (Wildman–Crippen MR) is 134 cm³/mol. The minimum Gasteiger partial charge on any atom is -0.489 e. The summed E-state index contributed by atoms with van der Waals surface area (Å²) in [7, 11) is 0. The SMILES string of the molecule is Cc1ccc(OCc2c(C(=O)Nc3c(C)nn(Cc4ccc(Br)cc4)c3C)noc2C)cc1C. The molecule has 0 aliphatic rings. The first-order valence-corrected chi connectivity index (χ1v) is 11.8. The van der Waals surface area contributed by atoms with Crippen molar-refractivity contribution in [3.05, 3.63) is 92.0 Å². The van der Waals surface area contributed by atoms with Gasteiger partial charge in [0.2, 0.25) is 0 Å². The Morgan fingerprint density at radius 2 is 1.79 bits per heavy atom. The van der Waals surface area contributed by atoms with E-state index in [2.05, 4.69) is 38.4 Å². The minimum atomic E-state index is -0.357. The van der Waals surface area contributed by atoms with Gasteiger partial charge in [0.25, 0.3) is 5.91 Å². The number of amides is 1. The quantitative estimate of drug-likeness (QED) is 0.319. The molecule has 0 spiro atoms. The summed E-state index contributed by atoms with van der Waals surface area (Å²) in [6, 6.07) is 14.0. The zero-order valence-corrected chi connectivity index (χ0v) is 21.5. The number of nitrogens with zero attached hydrogens (tertiary/aromatic N) is 3. The van der Waals surface area contributed by atoms with Crippen LogP contribution in [0.4, 0.5) is 5.69 Å². The Morgan fingerprint density at radius 1 is 1.06 bits per heavy atom. The lowest BCUT2D eigenvalue weighted by Gasteiger charge is -2.09. The first-order chi connectivity index (χ1) is 16.2. The molecule has 0 saturated carbocycles. The van der Waals surface area contributed by atoms with Crippen molar-refractivity contribution in [3.8, 4) is 5.75 Å². The molecule has 34 heavy (non-hydrogen) atoms. The summed E-state index contributed by atoms with van der Waals surface area (Å²) in [5.41, 5.74) is 6.55. The van der Waals surface area contributed by atoms with Gasteiger partial charge in [-0.1, -0.05) is 39.3 Å². The molecule has 7 nitrogen and oxygen atoms in total. The second-order valence-corrected chi connectivity index (χ2v) is 9.30. The Bertz CT molecular complexity index is 1340. The van der Waals surface area contributed by atoms with E-state index in [-0.39, 0.29) is 18.2 Å². The zero-order chi connectivity index (χ0) is 24.4. The molecular weight excluding hydrogens is 496 g/mol. The molecule has 4 aromatic rings. The number of ether oxygens (including phenoxy) is 1. The Hall–Kier alpha value is -3.39. The summed E-state index contributed by atoms with van der Waals surface area (Å²) in [6.07, 6.45) is 0. The summed E-state index contributed by atoms with van der Waals surface area (Å²) in [5, 5.41) is 11.6. The molecule has 0 aliphatic heterocycles. The number of rotatable bonds is 7. The Labute approximate surface area is 207 Å². The van der Waals surface area contributed by atoms with Gasteiger partial charge < -0.3 is 14.6 Å². The summed E-state index contributed by atoms with van der Waals surface area (Å²) >= 11 is 3.46. The van der Waals surface area contributed by atoms with Crippen molar-refractivity contribution in [1.82, 2.24) is 14.9 Å². The van der Waals surface area contributed by atoms with Crippen LogP contribution < -0.4 is 10.1 Å². The standard InChI is InChI=1S/C26H27BrN4O3/c1-15-6-11-22(12-16(15)2)33-14-23-19(5)34-30-25(23)26(32)28-24-17(3)29-31(18(24)4)13-20-7-9-21(27)10-8-20/h6-12H,13-14H2,1-5H3,(H,28,32). The van der Waals surface area contributed by atoms with E-state index >= 15 is 0 Å². The molecule has 8 heteroatoms. The molecule has 0 atom stereocenters. The van der Waals surface area contributed by atoms with Gasteiger partial charge in [0.05, 0.1) is 29.2 Å². The van der Waals surface area contributed by atoms with Crippen LogP contribution in [0.3, 0.4) is 0 Å². The van der Waals surface area contributed by atoms with E-state index < -0.39 is 0 Å². The zero-order valence-electron chi connectivity index (χ0n) is 19.9. The fourth-order valence-corrected chi connectivity index (χ4v) is 3.93. The predicted octanol–water partition coefficient (Wildman–Crippen LogP) is 6.06. The number of hydrogen-bond donors (Lipinski definition) is 1. The Kier molecular flexibility index (Phi) is 6.88. The number of nitrogens with one attached hydrogen (secondary N) is 1. The van der Waals surface area contributed by atoms with E-state index in [1.165, 1.54) is 5.56 Å². The van der Waals surface area contributed by atoms with E-state index in [1.54, 1.807) is 6.92 Å². The van der Waals surface area contributed by atoms with Gasteiger partial charge in [-0.05, 0) is 75.6 Å². The van der Waals surface area contributed by atoms with Crippen LogP contribution >= 0.6 is 15.9 Å². The average molecular weight is 523 g/mol. The van der Waals surface area contributed by atoms with Gasteiger partial charge in [-0.15, -0.1) is 0 Å². The van der Waals surface area contributed by atoms with Crippen molar-refractivity contribution in [1.29, 1.82) is 0 Å². The highest BCUT2D eigenvalue weighted by atomic mass is 79.9. The summed E-state index contributed by atoms with van der Waals surface area (Å²) in [4.78, 5) is 13.1. The van der Waals surface area contributed by atoms with Crippen LogP contribution in [0.2, 0.25) is 0 Å². The lowest BCUT2D eigenvalue weighted by Crippen LogP contribution is -2.16. The van der Waals surface area contributed by atoms with Gasteiger partial charge in [0.1, 0.15) is 18.1 Å². The van der Waals surface area contributed by atoms with Crippen molar-refractivity contribution in [2.24, 2.45) is 0 Å². The number of hydrogen-bond acceptors (Lipinski definition) is 5. The fourth-order valence-electron chi connectivity index (χ4n) is 3.67. The second-order valence-electron chi connectivity index (χ2n) is 8.38. The molecule has 0 aliphatic carbocycles. The van der Waals surface area contributed by atoms with Crippen LogP contribution in [0, 0.1) is 34.6 Å². The molecule has 1 N–H and O–H groups in total. The molecule has 4 rings (SSSR count). The Morgan fingerprint density at radius 3 is 2.50 bits per heavy atom. The van der Waals surface area contributed by atoms with Gasteiger partial charge in [0.15, 0.2) is 5.69 Å². The van der Waals surface area contributed by atoms with Crippen LogP contribution in [0.15, 0.2) is 51.5 Å². The molecule has 0 bridgehead atoms. The van der Waals surface area contributed by atoms with Crippen LogP contribution in [0.25, 0.3) is 0 Å². The molecule has 2 heterocycles. The molecule has 0 unspecified atom stereocenters. The molecule has 0 saturated heterocycles. The number of benzene rings is 2. The Balaban J connectivity index is 1.50. The lowest BCUT2D eigenvalue weighted by molar-refractivity contribution is 0.101. The third kappa shape index (κ3) is 5.07. The third-order valence-electron chi connectivity index (χ3n) is 5.93. The molecule has 176 valence electrons. The van der Waals surface area contributed by atoms with Crippen molar-refractivity contribution in [2.45, 2.75) is 47.8 Å². The third-order valence-corrected chi connectivity index (χ3v) is 6.46. The lowest BCUT2D eigenvalue weighted by atomic mass is 10.1. The van der Waals surface area contributed by atoms with E-state index in [4.69, 9.17) is 9.26 Å². The highest BCUT2D eigenvalue weighted by Crippen LogP contribution is 2.24. The van der Waals surface area contributed by atoms with E-state index in [1.807, 2.05) is 67.9 Å². The molecule has 0 fully saturated rings. The van der Waals surface area contributed by atoms with Gasteiger partial charge in [-0.25, -0.2) is 0 Å².